The quantitative estimate of drug-likeness (QED) is 0.549. The third kappa shape index (κ3) is 2.68. The minimum Gasteiger partial charge on any atom is -0.508 e. The lowest BCUT2D eigenvalue weighted by Crippen LogP contribution is -2.07. The molecule has 0 amide bonds. The zero-order valence-corrected chi connectivity index (χ0v) is 12.1. The second-order valence-corrected chi connectivity index (χ2v) is 5.44. The van der Waals surface area contributed by atoms with Crippen molar-refractivity contribution in [3.63, 3.8) is 0 Å². The number of halogens is 3. The zero-order chi connectivity index (χ0) is 17.6. The number of alkyl halides is 3. The van der Waals surface area contributed by atoms with Crippen LogP contribution in [0.15, 0.2) is 35.9 Å². The number of ketones is 1. The van der Waals surface area contributed by atoms with Crippen LogP contribution in [0.3, 0.4) is 0 Å². The van der Waals surface area contributed by atoms with Crippen molar-refractivity contribution in [3.8, 4) is 17.2 Å². The average molecular weight is 336 g/mol. The van der Waals surface area contributed by atoms with Gasteiger partial charge in [0, 0.05) is 17.6 Å². The number of hydrogen-bond donors (Lipinski definition) is 3. The van der Waals surface area contributed by atoms with Gasteiger partial charge in [0.25, 0.3) is 0 Å². The molecular weight excluding hydrogens is 325 g/mol. The summed E-state index contributed by atoms with van der Waals surface area (Å²) in [5.41, 5.74) is -0.627. The van der Waals surface area contributed by atoms with E-state index in [-0.39, 0.29) is 23.1 Å². The second kappa shape index (κ2) is 5.30. The van der Waals surface area contributed by atoms with E-state index in [1.807, 2.05) is 0 Å². The van der Waals surface area contributed by atoms with Gasteiger partial charge in [-0.3, -0.25) is 4.79 Å². The van der Waals surface area contributed by atoms with Gasteiger partial charge in [0.15, 0.2) is 17.3 Å². The first-order valence-electron chi connectivity index (χ1n) is 6.87. The van der Waals surface area contributed by atoms with Crippen molar-refractivity contribution in [1.29, 1.82) is 0 Å². The lowest BCUT2D eigenvalue weighted by atomic mass is 10.0. The van der Waals surface area contributed by atoms with Crippen LogP contribution in [0.5, 0.6) is 17.2 Å². The molecule has 2 aromatic carbocycles. The van der Waals surface area contributed by atoms with Crippen LogP contribution in [0.25, 0.3) is 6.08 Å². The molecule has 0 heterocycles. The van der Waals surface area contributed by atoms with Crippen molar-refractivity contribution in [1.82, 2.24) is 0 Å². The molecule has 1 aliphatic rings. The van der Waals surface area contributed by atoms with Crippen LogP contribution in [0.4, 0.5) is 13.2 Å². The van der Waals surface area contributed by atoms with Crippen LogP contribution in [0.2, 0.25) is 0 Å². The molecule has 0 atom stereocenters. The highest BCUT2D eigenvalue weighted by molar-refractivity contribution is 6.16. The first-order chi connectivity index (χ1) is 11.2. The molecule has 1 aliphatic carbocycles. The molecule has 124 valence electrons. The molecule has 2 aromatic rings. The van der Waals surface area contributed by atoms with Crippen molar-refractivity contribution in [3.05, 3.63) is 58.2 Å². The smallest absolute Gasteiger partial charge is 0.417 e. The molecule has 0 radical (unpaired) electrons. The number of hydrogen-bond acceptors (Lipinski definition) is 4. The van der Waals surface area contributed by atoms with E-state index in [1.165, 1.54) is 6.07 Å². The van der Waals surface area contributed by atoms with Gasteiger partial charge >= 0.3 is 6.18 Å². The molecule has 3 N–H and O–H groups in total. The molecule has 0 spiro atoms. The third-order valence-corrected chi connectivity index (χ3v) is 3.79. The van der Waals surface area contributed by atoms with Gasteiger partial charge in [-0.1, -0.05) is 6.07 Å². The van der Waals surface area contributed by atoms with Gasteiger partial charge in [-0.2, -0.15) is 13.2 Å². The summed E-state index contributed by atoms with van der Waals surface area (Å²) in [5.74, 6) is -1.91. The molecule has 0 unspecified atom stereocenters. The van der Waals surface area contributed by atoms with Crippen molar-refractivity contribution < 1.29 is 33.3 Å². The van der Waals surface area contributed by atoms with Crippen molar-refractivity contribution in [2.75, 3.05) is 0 Å². The van der Waals surface area contributed by atoms with E-state index in [4.69, 9.17) is 0 Å². The molecule has 0 fully saturated rings. The number of phenols is 3. The summed E-state index contributed by atoms with van der Waals surface area (Å²) in [7, 11) is 0. The van der Waals surface area contributed by atoms with Gasteiger partial charge in [-0.05, 0) is 41.5 Å². The largest absolute Gasteiger partial charge is 0.508 e. The summed E-state index contributed by atoms with van der Waals surface area (Å²) in [6.07, 6.45) is -3.53. The number of rotatable bonds is 1. The van der Waals surface area contributed by atoms with Crippen molar-refractivity contribution >= 4 is 11.9 Å². The lowest BCUT2D eigenvalue weighted by molar-refractivity contribution is -0.137. The first kappa shape index (κ1) is 15.9. The Morgan fingerprint density at radius 2 is 1.67 bits per heavy atom. The molecule has 0 aromatic heterocycles. The Morgan fingerprint density at radius 1 is 1.00 bits per heavy atom. The minimum atomic E-state index is -4.68. The number of phenolic OH excluding ortho intramolecular Hbond substituents is 3. The molecule has 0 saturated heterocycles. The predicted molar refractivity (Wildman–Crippen MR) is 78.9 cm³/mol. The molecule has 0 aliphatic heterocycles. The maximum Gasteiger partial charge on any atom is 0.417 e. The maximum atomic E-state index is 13.1. The third-order valence-electron chi connectivity index (χ3n) is 3.79. The monoisotopic (exact) mass is 336 g/mol. The Balaban J connectivity index is 2.07. The lowest BCUT2D eigenvalue weighted by Gasteiger charge is -2.11. The molecular formula is C17H11F3O4. The summed E-state index contributed by atoms with van der Waals surface area (Å²) in [6, 6.07) is 5.08. The minimum absolute atomic E-state index is 0.0418. The fourth-order valence-corrected chi connectivity index (χ4v) is 2.66. The molecule has 4 nitrogen and oxygen atoms in total. The Hall–Kier alpha value is -2.96. The summed E-state index contributed by atoms with van der Waals surface area (Å²) in [4.78, 5) is 12.3. The van der Waals surface area contributed by atoms with Crippen molar-refractivity contribution in [2.24, 2.45) is 0 Å². The summed E-state index contributed by atoms with van der Waals surface area (Å²) < 4.78 is 39.2. The molecule has 0 bridgehead atoms. The number of allylic oxidation sites excluding steroid dienone is 1. The normalized spacial score (nSPS) is 15.8. The average Bonchev–Trinajstić information content (AvgIpc) is 2.77. The van der Waals surface area contributed by atoms with Crippen LogP contribution < -0.4 is 0 Å². The Kier molecular flexibility index (Phi) is 3.51. The number of Topliss-reactive ketones (excluding diaryl/α,β-unsaturated/α-hetero) is 1. The van der Waals surface area contributed by atoms with E-state index in [0.29, 0.717) is 11.6 Å². The second-order valence-electron chi connectivity index (χ2n) is 5.44. The van der Waals surface area contributed by atoms with Gasteiger partial charge < -0.3 is 15.3 Å². The molecule has 0 saturated carbocycles. The highest BCUT2D eigenvalue weighted by Gasteiger charge is 2.34. The SMILES string of the molecule is O=C1/C(=C/c2ccc(O)cc2C(F)(F)F)Cc2cc(O)c(O)cc21. The Morgan fingerprint density at radius 3 is 2.33 bits per heavy atom. The fraction of sp³-hybridized carbons (Fsp3) is 0.118. The van der Waals surface area contributed by atoms with Crippen LogP contribution in [-0.4, -0.2) is 21.1 Å². The van der Waals surface area contributed by atoms with Gasteiger partial charge in [-0.15, -0.1) is 0 Å². The van der Waals surface area contributed by atoms with E-state index >= 15 is 0 Å². The number of carbonyl (C=O) groups excluding carboxylic acids is 1. The summed E-state index contributed by atoms with van der Waals surface area (Å²) in [5, 5.41) is 28.2. The van der Waals surface area contributed by atoms with Gasteiger partial charge in [0.2, 0.25) is 0 Å². The number of benzene rings is 2. The fourth-order valence-electron chi connectivity index (χ4n) is 2.66. The van der Waals surface area contributed by atoms with Crippen LogP contribution in [0, 0.1) is 0 Å². The molecule has 3 rings (SSSR count). The number of carbonyl (C=O) groups is 1. The highest BCUT2D eigenvalue weighted by Crippen LogP contribution is 2.38. The molecule has 24 heavy (non-hydrogen) atoms. The highest BCUT2D eigenvalue weighted by atomic mass is 19.4. The van der Waals surface area contributed by atoms with E-state index in [0.717, 1.165) is 24.3 Å². The first-order valence-corrected chi connectivity index (χ1v) is 6.87. The van der Waals surface area contributed by atoms with E-state index < -0.39 is 34.8 Å². The predicted octanol–water partition coefficient (Wildman–Crippen LogP) is 3.64. The van der Waals surface area contributed by atoms with Gasteiger partial charge in [-0.25, -0.2) is 0 Å². The van der Waals surface area contributed by atoms with Gasteiger partial charge in [0.1, 0.15) is 5.75 Å². The van der Waals surface area contributed by atoms with Gasteiger partial charge in [0.05, 0.1) is 5.56 Å². The number of aromatic hydroxyl groups is 3. The van der Waals surface area contributed by atoms with E-state index in [2.05, 4.69) is 0 Å². The zero-order valence-electron chi connectivity index (χ0n) is 12.1. The summed E-state index contributed by atoms with van der Waals surface area (Å²) in [6.45, 7) is 0. The Labute approximate surface area is 134 Å². The molecule has 7 heteroatoms. The van der Waals surface area contributed by atoms with Crippen LogP contribution in [-0.2, 0) is 12.6 Å². The summed E-state index contributed by atoms with van der Waals surface area (Å²) >= 11 is 0. The van der Waals surface area contributed by atoms with E-state index in [9.17, 15) is 33.3 Å². The van der Waals surface area contributed by atoms with Crippen LogP contribution in [0.1, 0.15) is 27.0 Å². The Bertz CT molecular complexity index is 882. The number of fused-ring (bicyclic) bond motifs is 1. The standard InChI is InChI=1S/C17H11F3O4/c18-17(19,20)13-6-11(21)2-1-8(13)3-10-4-9-5-14(22)15(23)7-12(9)16(10)24/h1-3,5-7,21-23H,4H2/b10-3+. The topological polar surface area (TPSA) is 77.8 Å². The van der Waals surface area contributed by atoms with E-state index in [1.54, 1.807) is 0 Å². The van der Waals surface area contributed by atoms with Crippen molar-refractivity contribution in [2.45, 2.75) is 12.6 Å². The maximum absolute atomic E-state index is 13.1. The van der Waals surface area contributed by atoms with Crippen LogP contribution >= 0.6 is 0 Å².